The summed E-state index contributed by atoms with van der Waals surface area (Å²) in [5, 5.41) is 8.75. The molecule has 4 heteroatoms. The Morgan fingerprint density at radius 2 is 1.84 bits per heavy atom. The van der Waals surface area contributed by atoms with E-state index in [1.54, 1.807) is 18.2 Å². The van der Waals surface area contributed by atoms with Crippen LogP contribution in [0, 0.1) is 29.9 Å². The Labute approximate surface area is 109 Å². The molecule has 0 aromatic heterocycles. The van der Waals surface area contributed by atoms with Crippen LogP contribution in [0.15, 0.2) is 36.4 Å². The molecule has 0 saturated carbocycles. The van der Waals surface area contributed by atoms with Crippen LogP contribution in [0.25, 0.3) is 0 Å². The number of para-hydroxylation sites is 1. The van der Waals surface area contributed by atoms with Crippen molar-refractivity contribution in [2.24, 2.45) is 0 Å². The second-order valence-electron chi connectivity index (χ2n) is 4.09. The van der Waals surface area contributed by atoms with E-state index in [-0.39, 0.29) is 12.4 Å². The number of nitrogens with zero attached hydrogens (tertiary/aromatic N) is 1. The molecule has 2 nitrogen and oxygen atoms in total. The Balaban J connectivity index is 2.17. The number of hydrogen-bond donors (Lipinski definition) is 0. The molecule has 0 fully saturated rings. The molecule has 0 heterocycles. The molecular weight excluding hydrogens is 248 g/mol. The van der Waals surface area contributed by atoms with Crippen molar-refractivity contribution < 1.29 is 13.5 Å². The van der Waals surface area contributed by atoms with Gasteiger partial charge in [0.25, 0.3) is 0 Å². The normalized spacial score (nSPS) is 10.0. The molecule has 0 unspecified atom stereocenters. The Morgan fingerprint density at radius 3 is 2.42 bits per heavy atom. The summed E-state index contributed by atoms with van der Waals surface area (Å²) in [7, 11) is 0. The van der Waals surface area contributed by atoms with Crippen LogP contribution >= 0.6 is 0 Å². The van der Waals surface area contributed by atoms with Crippen molar-refractivity contribution in [1.29, 1.82) is 5.26 Å². The minimum absolute atomic E-state index is 0.0510. The smallest absolute Gasteiger partial charge is 0.191 e. The predicted molar refractivity (Wildman–Crippen MR) is 66.6 cm³/mol. The fraction of sp³-hybridized carbons (Fsp3) is 0.133. The van der Waals surface area contributed by atoms with Gasteiger partial charge in [-0.2, -0.15) is 5.26 Å². The molecule has 0 amide bonds. The van der Waals surface area contributed by atoms with Gasteiger partial charge >= 0.3 is 0 Å². The van der Waals surface area contributed by atoms with Gasteiger partial charge in [0.2, 0.25) is 0 Å². The first kappa shape index (κ1) is 13.0. The highest BCUT2D eigenvalue weighted by Gasteiger charge is 2.10. The van der Waals surface area contributed by atoms with Crippen molar-refractivity contribution in [3.8, 4) is 11.8 Å². The highest BCUT2D eigenvalue weighted by molar-refractivity contribution is 5.37. The summed E-state index contributed by atoms with van der Waals surface area (Å²) in [5.74, 6) is -1.84. The van der Waals surface area contributed by atoms with E-state index in [9.17, 15) is 8.78 Å². The van der Waals surface area contributed by atoms with Crippen molar-refractivity contribution in [3.05, 3.63) is 64.7 Å². The van der Waals surface area contributed by atoms with E-state index in [1.165, 1.54) is 6.07 Å². The monoisotopic (exact) mass is 259 g/mol. The van der Waals surface area contributed by atoms with Crippen molar-refractivity contribution in [1.82, 2.24) is 0 Å². The first-order chi connectivity index (χ1) is 9.11. The molecule has 19 heavy (non-hydrogen) atoms. The van der Waals surface area contributed by atoms with Gasteiger partial charge in [-0.15, -0.1) is 0 Å². The third-order valence-electron chi connectivity index (χ3n) is 2.76. The molecule has 2 aromatic rings. The largest absolute Gasteiger partial charge is 0.483 e. The molecule has 0 saturated heterocycles. The molecule has 2 aromatic carbocycles. The summed E-state index contributed by atoms with van der Waals surface area (Å²) in [6.07, 6.45) is 0. The number of benzene rings is 2. The number of rotatable bonds is 3. The van der Waals surface area contributed by atoms with Crippen LogP contribution in [0.4, 0.5) is 8.78 Å². The topological polar surface area (TPSA) is 33.0 Å². The van der Waals surface area contributed by atoms with Gasteiger partial charge in [0.05, 0.1) is 11.6 Å². The summed E-state index contributed by atoms with van der Waals surface area (Å²) in [4.78, 5) is 0. The zero-order valence-electron chi connectivity index (χ0n) is 10.3. The molecular formula is C15H11F2NO. The number of aryl methyl sites for hydroxylation is 1. The Bertz CT molecular complexity index is 627. The molecule has 0 aliphatic carbocycles. The third-order valence-corrected chi connectivity index (χ3v) is 2.76. The molecule has 0 aliphatic rings. The average Bonchev–Trinajstić information content (AvgIpc) is 2.39. The summed E-state index contributed by atoms with van der Waals surface area (Å²) in [6.45, 7) is 1.87. The quantitative estimate of drug-likeness (QED) is 0.841. The lowest BCUT2D eigenvalue weighted by molar-refractivity contribution is 0.273. The van der Waals surface area contributed by atoms with Crippen molar-refractivity contribution in [2.75, 3.05) is 0 Å². The maximum Gasteiger partial charge on any atom is 0.191 e. The highest BCUT2D eigenvalue weighted by Crippen LogP contribution is 2.22. The zero-order chi connectivity index (χ0) is 13.8. The number of ether oxygens (including phenoxy) is 1. The van der Waals surface area contributed by atoms with Crippen LogP contribution in [0.5, 0.6) is 5.75 Å². The number of nitriles is 1. The van der Waals surface area contributed by atoms with E-state index in [0.29, 0.717) is 5.56 Å². The van der Waals surface area contributed by atoms with Gasteiger partial charge in [-0.05, 0) is 42.3 Å². The van der Waals surface area contributed by atoms with Gasteiger partial charge in [0.1, 0.15) is 6.61 Å². The highest BCUT2D eigenvalue weighted by atomic mass is 19.1. The maximum absolute atomic E-state index is 13.4. The average molecular weight is 259 g/mol. The zero-order valence-corrected chi connectivity index (χ0v) is 10.3. The minimum atomic E-state index is -0.730. The van der Waals surface area contributed by atoms with Gasteiger partial charge in [-0.25, -0.2) is 8.78 Å². The van der Waals surface area contributed by atoms with Crippen LogP contribution in [0.3, 0.4) is 0 Å². The second-order valence-corrected chi connectivity index (χ2v) is 4.09. The first-order valence-corrected chi connectivity index (χ1v) is 5.68. The van der Waals surface area contributed by atoms with E-state index in [0.717, 1.165) is 23.3 Å². The molecule has 2 rings (SSSR count). The molecule has 0 N–H and O–H groups in total. The lowest BCUT2D eigenvalue weighted by Gasteiger charge is -2.10. The minimum Gasteiger partial charge on any atom is -0.483 e. The Morgan fingerprint density at radius 1 is 1.16 bits per heavy atom. The molecule has 0 atom stereocenters. The standard InChI is InChI=1S/C15H11F2NO/c1-10-7-11(8-18)5-6-12(10)9-19-15-13(16)3-2-4-14(15)17/h2-7H,9H2,1H3. The molecule has 0 radical (unpaired) electrons. The molecule has 0 aliphatic heterocycles. The van der Waals surface area contributed by atoms with Crippen LogP contribution in [-0.2, 0) is 6.61 Å². The molecule has 0 bridgehead atoms. The molecule has 0 spiro atoms. The van der Waals surface area contributed by atoms with E-state index < -0.39 is 11.6 Å². The van der Waals surface area contributed by atoms with Crippen LogP contribution in [0.2, 0.25) is 0 Å². The number of hydrogen-bond acceptors (Lipinski definition) is 2. The van der Waals surface area contributed by atoms with Crippen molar-refractivity contribution >= 4 is 0 Å². The summed E-state index contributed by atoms with van der Waals surface area (Å²) in [5.41, 5.74) is 2.16. The van der Waals surface area contributed by atoms with Crippen LogP contribution < -0.4 is 4.74 Å². The van der Waals surface area contributed by atoms with Crippen molar-refractivity contribution in [3.63, 3.8) is 0 Å². The second kappa shape index (κ2) is 5.49. The Kier molecular flexibility index (Phi) is 3.76. The van der Waals surface area contributed by atoms with Gasteiger partial charge in [0, 0.05) is 0 Å². The van der Waals surface area contributed by atoms with Gasteiger partial charge < -0.3 is 4.74 Å². The SMILES string of the molecule is Cc1cc(C#N)ccc1COc1c(F)cccc1F. The summed E-state index contributed by atoms with van der Waals surface area (Å²) >= 11 is 0. The van der Waals surface area contributed by atoms with Gasteiger partial charge in [-0.1, -0.05) is 12.1 Å². The van der Waals surface area contributed by atoms with E-state index >= 15 is 0 Å². The summed E-state index contributed by atoms with van der Waals surface area (Å²) in [6, 6.07) is 10.7. The summed E-state index contributed by atoms with van der Waals surface area (Å²) < 4.78 is 31.9. The lowest BCUT2D eigenvalue weighted by Crippen LogP contribution is -2.01. The Hall–Kier alpha value is -2.41. The molecule has 96 valence electrons. The maximum atomic E-state index is 13.4. The first-order valence-electron chi connectivity index (χ1n) is 5.68. The fourth-order valence-corrected chi connectivity index (χ4v) is 1.70. The van der Waals surface area contributed by atoms with Crippen LogP contribution in [0.1, 0.15) is 16.7 Å². The van der Waals surface area contributed by atoms with Gasteiger partial charge in [-0.3, -0.25) is 0 Å². The van der Waals surface area contributed by atoms with E-state index in [2.05, 4.69) is 0 Å². The van der Waals surface area contributed by atoms with E-state index in [1.807, 2.05) is 13.0 Å². The van der Waals surface area contributed by atoms with E-state index in [4.69, 9.17) is 10.00 Å². The van der Waals surface area contributed by atoms with Crippen molar-refractivity contribution in [2.45, 2.75) is 13.5 Å². The third kappa shape index (κ3) is 2.89. The lowest BCUT2D eigenvalue weighted by atomic mass is 10.1. The number of halogens is 2. The fourth-order valence-electron chi connectivity index (χ4n) is 1.70. The van der Waals surface area contributed by atoms with Gasteiger partial charge in [0.15, 0.2) is 17.4 Å². The predicted octanol–water partition coefficient (Wildman–Crippen LogP) is 3.72. The van der Waals surface area contributed by atoms with Crippen LogP contribution in [-0.4, -0.2) is 0 Å².